The fourth-order valence-corrected chi connectivity index (χ4v) is 1.98. The van der Waals surface area contributed by atoms with Crippen molar-refractivity contribution in [2.24, 2.45) is 5.73 Å². The quantitative estimate of drug-likeness (QED) is 0.193. The van der Waals surface area contributed by atoms with Crippen molar-refractivity contribution in [2.75, 3.05) is 5.88 Å². The molecule has 0 bridgehead atoms. The van der Waals surface area contributed by atoms with E-state index in [0.29, 0.717) is 0 Å². The third kappa shape index (κ3) is 16.7. The van der Waals surface area contributed by atoms with Gasteiger partial charge in [0.25, 0.3) is 0 Å². The molecule has 0 aromatic rings. The summed E-state index contributed by atoms with van der Waals surface area (Å²) < 4.78 is 4.88. The van der Waals surface area contributed by atoms with Crippen LogP contribution in [0.15, 0.2) is 0 Å². The van der Waals surface area contributed by atoms with Crippen molar-refractivity contribution in [3.8, 4) is 0 Å². The van der Waals surface area contributed by atoms with E-state index in [1.54, 1.807) is 0 Å². The van der Waals surface area contributed by atoms with Crippen LogP contribution in [0.5, 0.6) is 0 Å². The maximum absolute atomic E-state index is 10.8. The molecule has 0 aliphatic carbocycles. The maximum Gasteiger partial charge on any atom is 1.00 e. The Balaban J connectivity index is -0.00000144. The number of alkyl halides is 1. The normalized spacial score (nSPS) is 11.7. The number of hydrogen-bond acceptors (Lipinski definition) is 3. The van der Waals surface area contributed by atoms with E-state index in [9.17, 15) is 4.79 Å². The van der Waals surface area contributed by atoms with Crippen LogP contribution in [0.4, 0.5) is 0 Å². The number of rotatable bonds is 12. The van der Waals surface area contributed by atoms with E-state index < -0.39 is 12.2 Å². The molecule has 0 aliphatic rings. The molecule has 0 amide bonds. The van der Waals surface area contributed by atoms with Crippen molar-refractivity contribution >= 4 is 17.6 Å². The molecule has 0 rings (SSSR count). The second kappa shape index (κ2) is 16.8. The minimum absolute atomic E-state index is 0. The molecular formula is C14H29ClNNaO2. The van der Waals surface area contributed by atoms with Crippen LogP contribution in [0.25, 0.3) is 0 Å². The van der Waals surface area contributed by atoms with Crippen LogP contribution in [0, 0.1) is 0 Å². The van der Waals surface area contributed by atoms with Crippen molar-refractivity contribution in [1.82, 2.24) is 0 Å². The average Bonchev–Trinajstić information content (AvgIpc) is 2.36. The first-order valence-corrected chi connectivity index (χ1v) is 7.75. The second-order valence-corrected chi connectivity index (χ2v) is 5.05. The van der Waals surface area contributed by atoms with E-state index in [1.807, 2.05) is 0 Å². The molecular weight excluding hydrogens is 273 g/mol. The Hall–Kier alpha value is 0.720. The van der Waals surface area contributed by atoms with Crippen molar-refractivity contribution in [2.45, 2.75) is 77.4 Å². The summed E-state index contributed by atoms with van der Waals surface area (Å²) in [5.74, 6) is -0.550. The van der Waals surface area contributed by atoms with Crippen LogP contribution < -0.4 is 35.3 Å². The molecule has 0 aromatic heterocycles. The van der Waals surface area contributed by atoms with Gasteiger partial charge >= 0.3 is 35.5 Å². The molecule has 0 aromatic carbocycles. The SMILES string of the molecule is CCCCCCCCCCCC(N)OC(=O)CCl.[H-].[Na+]. The Bertz CT molecular complexity index is 212. The van der Waals surface area contributed by atoms with Crippen molar-refractivity contribution in [3.05, 3.63) is 0 Å². The van der Waals surface area contributed by atoms with E-state index >= 15 is 0 Å². The fraction of sp³-hybridized carbons (Fsp3) is 0.929. The zero-order valence-corrected chi connectivity index (χ0v) is 15.4. The predicted molar refractivity (Wildman–Crippen MR) is 77.7 cm³/mol. The number of nitrogens with two attached hydrogens (primary N) is 1. The van der Waals surface area contributed by atoms with Gasteiger partial charge in [0.1, 0.15) is 5.88 Å². The number of esters is 1. The summed E-state index contributed by atoms with van der Waals surface area (Å²) in [5.41, 5.74) is 5.64. The minimum Gasteiger partial charge on any atom is -1.00 e. The molecule has 1 unspecified atom stereocenters. The Morgan fingerprint density at radius 3 is 2.05 bits per heavy atom. The summed E-state index contributed by atoms with van der Waals surface area (Å²) in [6.45, 7) is 2.24. The van der Waals surface area contributed by atoms with Crippen LogP contribution >= 0.6 is 11.6 Å². The number of ether oxygens (including phenoxy) is 1. The number of unbranched alkanes of at least 4 members (excludes halogenated alkanes) is 8. The van der Waals surface area contributed by atoms with Gasteiger partial charge in [-0.3, -0.25) is 10.5 Å². The predicted octanol–water partition coefficient (Wildman–Crippen LogP) is 1.09. The Morgan fingerprint density at radius 1 is 1.11 bits per heavy atom. The van der Waals surface area contributed by atoms with Gasteiger partial charge in [0, 0.05) is 0 Å². The Kier molecular flexibility index (Phi) is 19.4. The van der Waals surface area contributed by atoms with Crippen LogP contribution in [0.3, 0.4) is 0 Å². The summed E-state index contributed by atoms with van der Waals surface area (Å²) in [4.78, 5) is 10.8. The van der Waals surface area contributed by atoms with Gasteiger partial charge in [-0.2, -0.15) is 0 Å². The summed E-state index contributed by atoms with van der Waals surface area (Å²) in [6, 6.07) is 0. The zero-order valence-electron chi connectivity index (χ0n) is 13.6. The molecule has 0 heterocycles. The fourth-order valence-electron chi connectivity index (χ4n) is 1.92. The van der Waals surface area contributed by atoms with Crippen molar-refractivity contribution < 1.29 is 40.5 Å². The molecule has 3 nitrogen and oxygen atoms in total. The second-order valence-electron chi connectivity index (χ2n) is 4.78. The van der Waals surface area contributed by atoms with E-state index in [0.717, 1.165) is 12.8 Å². The maximum atomic E-state index is 10.8. The van der Waals surface area contributed by atoms with Gasteiger partial charge in [0.05, 0.1) is 0 Å². The van der Waals surface area contributed by atoms with Gasteiger partial charge in [-0.15, -0.1) is 11.6 Å². The van der Waals surface area contributed by atoms with Gasteiger partial charge in [0.2, 0.25) is 0 Å². The summed E-state index contributed by atoms with van der Waals surface area (Å²) in [5, 5.41) is 0. The first-order chi connectivity index (χ1) is 8.70. The molecule has 0 radical (unpaired) electrons. The first kappa shape index (κ1) is 22.0. The topological polar surface area (TPSA) is 52.3 Å². The van der Waals surface area contributed by atoms with Crippen molar-refractivity contribution in [1.29, 1.82) is 0 Å². The Labute approximate surface area is 146 Å². The summed E-state index contributed by atoms with van der Waals surface area (Å²) in [6.07, 6.45) is 11.7. The molecule has 1 atom stereocenters. The monoisotopic (exact) mass is 301 g/mol. The van der Waals surface area contributed by atoms with E-state index in [4.69, 9.17) is 22.1 Å². The largest absolute Gasteiger partial charge is 1.00 e. The molecule has 110 valence electrons. The number of carbonyl (C=O) groups excluding carboxylic acids is 1. The molecule has 0 saturated heterocycles. The van der Waals surface area contributed by atoms with Crippen LogP contribution in [0.2, 0.25) is 0 Å². The van der Waals surface area contributed by atoms with E-state index in [1.165, 1.54) is 51.4 Å². The molecule has 19 heavy (non-hydrogen) atoms. The van der Waals surface area contributed by atoms with E-state index in [-0.39, 0.29) is 36.9 Å². The van der Waals surface area contributed by atoms with Crippen LogP contribution in [-0.4, -0.2) is 18.1 Å². The van der Waals surface area contributed by atoms with E-state index in [2.05, 4.69) is 6.92 Å². The summed E-state index contributed by atoms with van der Waals surface area (Å²) in [7, 11) is 0. The van der Waals surface area contributed by atoms with Gasteiger partial charge in [0.15, 0.2) is 6.23 Å². The third-order valence-electron chi connectivity index (χ3n) is 2.98. The van der Waals surface area contributed by atoms with Gasteiger partial charge in [-0.1, -0.05) is 58.3 Å². The van der Waals surface area contributed by atoms with Gasteiger partial charge < -0.3 is 6.16 Å². The third-order valence-corrected chi connectivity index (χ3v) is 3.20. The molecule has 0 saturated carbocycles. The number of halogens is 1. The zero-order chi connectivity index (χ0) is 13.6. The Morgan fingerprint density at radius 2 is 1.58 bits per heavy atom. The first-order valence-electron chi connectivity index (χ1n) is 7.21. The van der Waals surface area contributed by atoms with Crippen LogP contribution in [-0.2, 0) is 9.53 Å². The summed E-state index contributed by atoms with van der Waals surface area (Å²) >= 11 is 5.32. The minimum atomic E-state index is -0.485. The number of carbonyl (C=O) groups is 1. The van der Waals surface area contributed by atoms with Gasteiger partial charge in [-0.05, 0) is 12.8 Å². The van der Waals surface area contributed by atoms with Gasteiger partial charge in [-0.25, -0.2) is 0 Å². The number of hydrogen-bond donors (Lipinski definition) is 1. The van der Waals surface area contributed by atoms with Crippen LogP contribution in [0.1, 0.15) is 72.6 Å². The molecule has 0 spiro atoms. The average molecular weight is 302 g/mol. The molecule has 0 fully saturated rings. The molecule has 5 heteroatoms. The smallest absolute Gasteiger partial charge is 1.00 e. The molecule has 0 aliphatic heterocycles. The molecule has 2 N–H and O–H groups in total. The standard InChI is InChI=1S/C14H28ClNO2.Na.H/c1-2-3-4-5-6-7-8-9-10-11-13(16)18-14(17)12-15;;/h13H,2-12,16H2,1H3;;/q;+1;-1. The van der Waals surface area contributed by atoms with Crippen molar-refractivity contribution in [3.63, 3.8) is 0 Å².